The molecule has 48 heavy (non-hydrogen) atoms. The average molecular weight is 611 g/mol. The molecule has 0 aliphatic heterocycles. The van der Waals surface area contributed by atoms with E-state index in [9.17, 15) is 10.5 Å². The van der Waals surface area contributed by atoms with Gasteiger partial charge in [0.2, 0.25) is 0 Å². The van der Waals surface area contributed by atoms with E-state index in [2.05, 4.69) is 143 Å². The fourth-order valence-electron chi connectivity index (χ4n) is 7.30. The van der Waals surface area contributed by atoms with Gasteiger partial charge in [-0.2, -0.15) is 10.5 Å². The molecule has 0 saturated heterocycles. The fraction of sp³-hybridized carbons (Fsp3) is 0. The molecule has 0 amide bonds. The van der Waals surface area contributed by atoms with Gasteiger partial charge in [-0.1, -0.05) is 91.0 Å². The van der Waals surface area contributed by atoms with Gasteiger partial charge in [-0.25, -0.2) is 0 Å². The van der Waals surface area contributed by atoms with E-state index in [-0.39, 0.29) is 0 Å². The summed E-state index contributed by atoms with van der Waals surface area (Å²) < 4.78 is 4.60. The van der Waals surface area contributed by atoms with Gasteiger partial charge in [0.05, 0.1) is 51.0 Å². The summed E-state index contributed by atoms with van der Waals surface area (Å²) in [6.07, 6.45) is 0. The second kappa shape index (κ2) is 10.9. The Hall–Kier alpha value is -6.88. The first-order valence-corrected chi connectivity index (χ1v) is 15.9. The van der Waals surface area contributed by atoms with Crippen molar-refractivity contribution in [2.45, 2.75) is 0 Å². The Balaban J connectivity index is 1.32. The standard InChI is InChI=1S/C44H26N4/c45-27-29-20-22-33(39-25-30(28-46)21-23-44(39)48-42-18-7-3-14-36(42)37-15-4-8-19-43(37)48)38(24-29)31-10-9-11-32(26-31)47-40-16-5-1-12-34(40)35-13-2-6-17-41(35)47/h1-26H. The number of rotatable bonds is 4. The van der Waals surface area contributed by atoms with Crippen LogP contribution in [0.15, 0.2) is 158 Å². The largest absolute Gasteiger partial charge is 0.309 e. The molecule has 4 nitrogen and oxygen atoms in total. The van der Waals surface area contributed by atoms with Crippen molar-refractivity contribution in [1.29, 1.82) is 10.5 Å². The third kappa shape index (κ3) is 4.14. The molecule has 4 heteroatoms. The molecule has 2 heterocycles. The summed E-state index contributed by atoms with van der Waals surface area (Å²) in [4.78, 5) is 0. The molecule has 9 aromatic rings. The topological polar surface area (TPSA) is 57.4 Å². The molecule has 0 spiro atoms. The molecular formula is C44H26N4. The maximum atomic E-state index is 10.1. The minimum atomic E-state index is 0.573. The van der Waals surface area contributed by atoms with Crippen LogP contribution in [0.3, 0.4) is 0 Å². The van der Waals surface area contributed by atoms with Crippen molar-refractivity contribution in [3.63, 3.8) is 0 Å². The second-order valence-corrected chi connectivity index (χ2v) is 12.0. The Bertz CT molecular complexity index is 2710. The van der Waals surface area contributed by atoms with E-state index < -0.39 is 0 Å². The summed E-state index contributed by atoms with van der Waals surface area (Å²) in [5.41, 5.74) is 11.4. The molecule has 0 radical (unpaired) electrons. The molecule has 0 aliphatic rings. The molecule has 7 aromatic carbocycles. The first kappa shape index (κ1) is 27.4. The number of benzene rings is 7. The molecule has 0 saturated carbocycles. The van der Waals surface area contributed by atoms with Crippen LogP contribution in [-0.2, 0) is 0 Å². The Morgan fingerprint density at radius 1 is 0.375 bits per heavy atom. The lowest BCUT2D eigenvalue weighted by Crippen LogP contribution is -2.00. The van der Waals surface area contributed by atoms with E-state index in [1.165, 1.54) is 21.5 Å². The van der Waals surface area contributed by atoms with Crippen LogP contribution in [0.1, 0.15) is 11.1 Å². The van der Waals surface area contributed by atoms with Gasteiger partial charge < -0.3 is 9.13 Å². The zero-order valence-electron chi connectivity index (χ0n) is 25.8. The molecule has 9 rings (SSSR count). The van der Waals surface area contributed by atoms with Crippen molar-refractivity contribution in [2.75, 3.05) is 0 Å². The summed E-state index contributed by atoms with van der Waals surface area (Å²) >= 11 is 0. The quantitative estimate of drug-likeness (QED) is 0.199. The summed E-state index contributed by atoms with van der Waals surface area (Å²) in [6, 6.07) is 58.9. The van der Waals surface area contributed by atoms with E-state index in [1.807, 2.05) is 36.4 Å². The van der Waals surface area contributed by atoms with Crippen LogP contribution in [-0.4, -0.2) is 9.13 Å². The number of hydrogen-bond acceptors (Lipinski definition) is 2. The number of fused-ring (bicyclic) bond motifs is 6. The summed E-state index contributed by atoms with van der Waals surface area (Å²) in [7, 11) is 0. The number of aromatic nitrogens is 2. The molecular weight excluding hydrogens is 585 g/mol. The number of nitriles is 2. The molecule has 222 valence electrons. The van der Waals surface area contributed by atoms with Crippen molar-refractivity contribution in [2.24, 2.45) is 0 Å². The van der Waals surface area contributed by atoms with Crippen molar-refractivity contribution in [3.05, 3.63) is 169 Å². The smallest absolute Gasteiger partial charge is 0.0991 e. The molecule has 0 N–H and O–H groups in total. The molecule has 0 fully saturated rings. The van der Waals surface area contributed by atoms with Gasteiger partial charge in [-0.05, 0) is 83.4 Å². The Morgan fingerprint density at radius 3 is 1.40 bits per heavy atom. The zero-order chi connectivity index (χ0) is 32.2. The lowest BCUT2D eigenvalue weighted by atomic mass is 9.91. The van der Waals surface area contributed by atoms with Crippen LogP contribution >= 0.6 is 0 Å². The van der Waals surface area contributed by atoms with Crippen molar-refractivity contribution in [3.8, 4) is 45.8 Å². The average Bonchev–Trinajstić information content (AvgIpc) is 3.67. The third-order valence-corrected chi connectivity index (χ3v) is 9.38. The monoisotopic (exact) mass is 610 g/mol. The van der Waals surface area contributed by atoms with Crippen LogP contribution in [0.4, 0.5) is 0 Å². The van der Waals surface area contributed by atoms with Crippen LogP contribution in [0.2, 0.25) is 0 Å². The fourth-order valence-corrected chi connectivity index (χ4v) is 7.30. The Kier molecular flexibility index (Phi) is 6.22. The lowest BCUT2D eigenvalue weighted by Gasteiger charge is -2.18. The maximum absolute atomic E-state index is 10.1. The van der Waals surface area contributed by atoms with Crippen molar-refractivity contribution in [1.82, 2.24) is 9.13 Å². The number of hydrogen-bond donors (Lipinski definition) is 0. The van der Waals surface area contributed by atoms with Crippen LogP contribution in [0, 0.1) is 22.7 Å². The normalized spacial score (nSPS) is 11.3. The third-order valence-electron chi connectivity index (χ3n) is 9.38. The highest BCUT2D eigenvalue weighted by Crippen LogP contribution is 2.41. The Labute approximate surface area is 277 Å². The highest BCUT2D eigenvalue weighted by atomic mass is 15.0. The molecule has 0 aliphatic carbocycles. The van der Waals surface area contributed by atoms with Gasteiger partial charge in [-0.3, -0.25) is 0 Å². The molecule has 0 unspecified atom stereocenters. The van der Waals surface area contributed by atoms with E-state index in [4.69, 9.17) is 0 Å². The van der Waals surface area contributed by atoms with Gasteiger partial charge in [0.15, 0.2) is 0 Å². The summed E-state index contributed by atoms with van der Waals surface area (Å²) in [6.45, 7) is 0. The van der Waals surface area contributed by atoms with E-state index in [0.29, 0.717) is 11.1 Å². The highest BCUT2D eigenvalue weighted by molar-refractivity contribution is 6.11. The maximum Gasteiger partial charge on any atom is 0.0991 e. The zero-order valence-corrected chi connectivity index (χ0v) is 25.8. The predicted molar refractivity (Wildman–Crippen MR) is 195 cm³/mol. The summed E-state index contributed by atoms with van der Waals surface area (Å²) in [5.74, 6) is 0. The minimum absolute atomic E-state index is 0.573. The van der Waals surface area contributed by atoms with Gasteiger partial charge in [0, 0.05) is 32.8 Å². The van der Waals surface area contributed by atoms with Crippen LogP contribution < -0.4 is 0 Å². The lowest BCUT2D eigenvalue weighted by molar-refractivity contribution is 1.18. The summed E-state index contributed by atoms with van der Waals surface area (Å²) in [5, 5.41) is 24.8. The molecule has 0 bridgehead atoms. The van der Waals surface area contributed by atoms with Gasteiger partial charge >= 0.3 is 0 Å². The predicted octanol–water partition coefficient (Wildman–Crippen LogP) is 11.0. The highest BCUT2D eigenvalue weighted by Gasteiger charge is 2.19. The second-order valence-electron chi connectivity index (χ2n) is 12.0. The van der Waals surface area contributed by atoms with Gasteiger partial charge in [0.25, 0.3) is 0 Å². The van der Waals surface area contributed by atoms with Crippen molar-refractivity contribution < 1.29 is 0 Å². The van der Waals surface area contributed by atoms with Crippen LogP contribution in [0.5, 0.6) is 0 Å². The molecule has 0 atom stereocenters. The minimum Gasteiger partial charge on any atom is -0.309 e. The van der Waals surface area contributed by atoms with Crippen molar-refractivity contribution >= 4 is 43.6 Å². The van der Waals surface area contributed by atoms with Gasteiger partial charge in [-0.15, -0.1) is 0 Å². The first-order valence-electron chi connectivity index (χ1n) is 15.9. The van der Waals surface area contributed by atoms with E-state index in [0.717, 1.165) is 55.7 Å². The number of nitrogens with zero attached hydrogens (tertiary/aromatic N) is 4. The van der Waals surface area contributed by atoms with Gasteiger partial charge in [0.1, 0.15) is 0 Å². The van der Waals surface area contributed by atoms with E-state index >= 15 is 0 Å². The first-order chi connectivity index (χ1) is 23.7. The van der Waals surface area contributed by atoms with E-state index in [1.54, 1.807) is 0 Å². The number of para-hydroxylation sites is 4. The SMILES string of the molecule is N#Cc1ccc(-c2cc(C#N)ccc2-n2c3ccccc3c3ccccc32)c(-c2cccc(-n3c4ccccc4c4ccccc43)c2)c1. The van der Waals surface area contributed by atoms with Crippen LogP contribution in [0.25, 0.3) is 77.2 Å². The Morgan fingerprint density at radius 2 is 0.854 bits per heavy atom. The molecule has 2 aromatic heterocycles.